The molecular weight excluding hydrogens is 512 g/mol. The molecule has 4 aromatic carbocycles. The summed E-state index contributed by atoms with van der Waals surface area (Å²) in [4.78, 5) is 17.3. The molecule has 0 bridgehead atoms. The van der Waals surface area contributed by atoms with Crippen LogP contribution in [0.1, 0.15) is 22.9 Å². The van der Waals surface area contributed by atoms with Crippen molar-refractivity contribution < 1.29 is 16.1 Å². The van der Waals surface area contributed by atoms with Gasteiger partial charge in [-0.2, -0.15) is 5.10 Å². The number of rotatable bonds is 8. The lowest BCUT2D eigenvalue weighted by Crippen LogP contribution is -2.47. The lowest BCUT2D eigenvalue weighted by Gasteiger charge is -2.36. The maximum atomic E-state index is 12.4. The molecule has 202 valence electrons. The number of carbonyl (C=O) groups is 1. The highest BCUT2D eigenvalue weighted by molar-refractivity contribution is 6.32. The van der Waals surface area contributed by atoms with Crippen LogP contribution in [0.4, 0.5) is 5.69 Å². The van der Waals surface area contributed by atoms with Crippen LogP contribution in [0.2, 0.25) is 5.02 Å². The fraction of sp³-hybridized carbons (Fsp3) is 0.226. The average molecular weight is 545 g/mol. The minimum absolute atomic E-state index is 0. The van der Waals surface area contributed by atoms with E-state index in [-0.39, 0.29) is 12.2 Å². The van der Waals surface area contributed by atoms with Gasteiger partial charge in [-0.15, -0.1) is 0 Å². The van der Waals surface area contributed by atoms with Crippen molar-refractivity contribution in [2.24, 2.45) is 5.10 Å². The summed E-state index contributed by atoms with van der Waals surface area (Å²) in [5, 5.41) is 15.7. The number of nitrogens with one attached hydrogen (secondary N) is 1. The summed E-state index contributed by atoms with van der Waals surface area (Å²) >= 11 is 5.90. The zero-order valence-electron chi connectivity index (χ0n) is 21.8. The monoisotopic (exact) mass is 544 g/mol. The van der Waals surface area contributed by atoms with Crippen LogP contribution < -0.4 is 15.1 Å². The van der Waals surface area contributed by atoms with Crippen LogP contribution >= 0.6 is 11.6 Å². The summed E-state index contributed by atoms with van der Waals surface area (Å²) in [7, 11) is 0. The minimum atomic E-state index is -0.419. The molecule has 8 heteroatoms. The highest BCUT2D eigenvalue weighted by Gasteiger charge is 2.17. The standard InChI is InChI=1S/C31H31ClN4O3.H2/c1-22-5-4-6-25(19-22)36-15-13-35(14-16-36)17-18-39-30-12-10-24(26-7-2-3-8-27(26)30)21-33-34-31(38)23-9-11-29(37)28(32)20-23;/h2-12,19-21,37H,13-18H2,1H3,(H,34,38);1H/b33-21+;. The van der Waals surface area contributed by atoms with Crippen molar-refractivity contribution in [1.82, 2.24) is 10.3 Å². The number of hydrazone groups is 1. The SMILES string of the molecule is Cc1cccc(N2CCN(CCOc3ccc(/C=N/NC(=O)c4ccc(O)c(Cl)c4)c4ccccc34)CC2)c1.[HH]. The van der Waals surface area contributed by atoms with Crippen molar-refractivity contribution in [1.29, 1.82) is 0 Å². The fourth-order valence-corrected chi connectivity index (χ4v) is 4.93. The smallest absolute Gasteiger partial charge is 0.271 e. The molecule has 1 aliphatic rings. The number of piperazine rings is 1. The predicted octanol–water partition coefficient (Wildman–Crippen LogP) is 5.72. The Labute approximate surface area is 234 Å². The molecule has 1 saturated heterocycles. The third-order valence-electron chi connectivity index (χ3n) is 6.90. The lowest BCUT2D eigenvalue weighted by atomic mass is 10.0. The van der Waals surface area contributed by atoms with E-state index in [2.05, 4.69) is 51.5 Å². The Morgan fingerprint density at radius 2 is 1.82 bits per heavy atom. The van der Waals surface area contributed by atoms with E-state index in [9.17, 15) is 9.90 Å². The highest BCUT2D eigenvalue weighted by atomic mass is 35.5. The summed E-state index contributed by atoms with van der Waals surface area (Å²) in [6.07, 6.45) is 1.61. The van der Waals surface area contributed by atoms with Crippen LogP contribution in [0.25, 0.3) is 10.8 Å². The number of aromatic hydroxyl groups is 1. The fourth-order valence-electron chi connectivity index (χ4n) is 4.75. The molecule has 0 unspecified atom stereocenters. The van der Waals surface area contributed by atoms with E-state index in [1.165, 1.54) is 29.4 Å². The van der Waals surface area contributed by atoms with Crippen molar-refractivity contribution in [3.63, 3.8) is 0 Å². The summed E-state index contributed by atoms with van der Waals surface area (Å²) in [6.45, 7) is 7.65. The van der Waals surface area contributed by atoms with Crippen LogP contribution in [0.3, 0.4) is 0 Å². The number of halogens is 1. The number of phenols is 1. The number of fused-ring (bicyclic) bond motifs is 1. The summed E-state index contributed by atoms with van der Waals surface area (Å²) < 4.78 is 6.22. The Kier molecular flexibility index (Phi) is 8.30. The van der Waals surface area contributed by atoms with Crippen LogP contribution in [0.5, 0.6) is 11.5 Å². The quantitative estimate of drug-likeness (QED) is 0.219. The summed E-state index contributed by atoms with van der Waals surface area (Å²) in [5.41, 5.74) is 6.26. The Morgan fingerprint density at radius 3 is 2.59 bits per heavy atom. The van der Waals surface area contributed by atoms with Crippen LogP contribution in [-0.4, -0.2) is 61.5 Å². The number of hydrogen-bond acceptors (Lipinski definition) is 6. The summed E-state index contributed by atoms with van der Waals surface area (Å²) in [5.74, 6) is 0.326. The third-order valence-corrected chi connectivity index (χ3v) is 7.20. The van der Waals surface area contributed by atoms with Crippen molar-refractivity contribution in [2.45, 2.75) is 6.92 Å². The average Bonchev–Trinajstić information content (AvgIpc) is 2.95. The molecule has 7 nitrogen and oxygen atoms in total. The Morgan fingerprint density at radius 1 is 1.03 bits per heavy atom. The normalized spacial score (nSPS) is 14.2. The molecule has 0 aromatic heterocycles. The minimum Gasteiger partial charge on any atom is -0.506 e. The summed E-state index contributed by atoms with van der Waals surface area (Å²) in [6, 6.07) is 24.8. The van der Waals surface area contributed by atoms with Crippen molar-refractivity contribution in [3.05, 3.63) is 101 Å². The number of phenolic OH excluding ortho intramolecular Hbond substituents is 1. The number of anilines is 1. The molecule has 0 radical (unpaired) electrons. The molecular formula is C31H33ClN4O3. The number of benzene rings is 4. The number of nitrogens with zero attached hydrogens (tertiary/aromatic N) is 3. The number of carbonyl (C=O) groups excluding carboxylic acids is 1. The Hall–Kier alpha value is -4.07. The van der Waals surface area contributed by atoms with Gasteiger partial charge >= 0.3 is 0 Å². The third kappa shape index (κ3) is 6.50. The first-order chi connectivity index (χ1) is 19.0. The molecule has 1 heterocycles. The van der Waals surface area contributed by atoms with Gasteiger partial charge in [0.2, 0.25) is 0 Å². The molecule has 39 heavy (non-hydrogen) atoms. The molecule has 1 aliphatic heterocycles. The van der Waals surface area contributed by atoms with E-state index in [4.69, 9.17) is 16.3 Å². The van der Waals surface area contributed by atoms with Gasteiger partial charge in [-0.1, -0.05) is 48.0 Å². The van der Waals surface area contributed by atoms with Crippen LogP contribution in [-0.2, 0) is 0 Å². The molecule has 0 spiro atoms. The largest absolute Gasteiger partial charge is 0.506 e. The highest BCUT2D eigenvalue weighted by Crippen LogP contribution is 2.28. The van der Waals surface area contributed by atoms with E-state index in [1.807, 2.05) is 36.4 Å². The van der Waals surface area contributed by atoms with Gasteiger partial charge in [0.15, 0.2) is 0 Å². The molecule has 4 aromatic rings. The number of aryl methyl sites for hydroxylation is 1. The van der Waals surface area contributed by atoms with E-state index in [0.29, 0.717) is 12.2 Å². The zero-order chi connectivity index (χ0) is 27.2. The first kappa shape index (κ1) is 26.5. The maximum Gasteiger partial charge on any atom is 0.271 e. The molecule has 0 atom stereocenters. The number of ether oxygens (including phenoxy) is 1. The van der Waals surface area contributed by atoms with E-state index >= 15 is 0 Å². The molecule has 0 saturated carbocycles. The number of hydrogen-bond donors (Lipinski definition) is 2. The second-order valence-corrected chi connectivity index (χ2v) is 9.99. The Bertz CT molecular complexity index is 1510. The predicted molar refractivity (Wildman–Crippen MR) is 160 cm³/mol. The number of amides is 1. The first-order valence-corrected chi connectivity index (χ1v) is 13.4. The van der Waals surface area contributed by atoms with E-state index < -0.39 is 5.91 Å². The van der Waals surface area contributed by atoms with Gasteiger partial charge in [-0.3, -0.25) is 9.69 Å². The lowest BCUT2D eigenvalue weighted by molar-refractivity contribution is 0.0955. The van der Waals surface area contributed by atoms with Crippen LogP contribution in [0, 0.1) is 6.92 Å². The molecule has 2 N–H and O–H groups in total. The Balaban J connectivity index is 0.00000370. The van der Waals surface area contributed by atoms with Gasteiger partial charge in [-0.05, 0) is 60.3 Å². The van der Waals surface area contributed by atoms with Crippen LogP contribution in [0.15, 0.2) is 84.0 Å². The van der Waals surface area contributed by atoms with Crippen molar-refractivity contribution in [3.8, 4) is 11.5 Å². The molecule has 1 amide bonds. The van der Waals surface area contributed by atoms with Gasteiger partial charge in [0.05, 0.1) is 11.2 Å². The maximum absolute atomic E-state index is 12.4. The van der Waals surface area contributed by atoms with E-state index in [0.717, 1.165) is 54.8 Å². The van der Waals surface area contributed by atoms with Crippen molar-refractivity contribution >= 4 is 40.2 Å². The molecule has 1 fully saturated rings. The molecule has 5 rings (SSSR count). The van der Waals surface area contributed by atoms with Crippen molar-refractivity contribution in [2.75, 3.05) is 44.2 Å². The first-order valence-electron chi connectivity index (χ1n) is 13.0. The second-order valence-electron chi connectivity index (χ2n) is 9.58. The zero-order valence-corrected chi connectivity index (χ0v) is 22.6. The van der Waals surface area contributed by atoms with E-state index in [1.54, 1.807) is 6.21 Å². The van der Waals surface area contributed by atoms with Gasteiger partial charge < -0.3 is 14.7 Å². The van der Waals surface area contributed by atoms with Gasteiger partial charge in [0, 0.05) is 56.4 Å². The van der Waals surface area contributed by atoms with Gasteiger partial charge in [0.25, 0.3) is 5.91 Å². The van der Waals surface area contributed by atoms with Gasteiger partial charge in [0.1, 0.15) is 18.1 Å². The topological polar surface area (TPSA) is 77.4 Å². The second kappa shape index (κ2) is 12.2. The molecule has 0 aliphatic carbocycles. The van der Waals surface area contributed by atoms with Gasteiger partial charge in [-0.25, -0.2) is 5.43 Å².